The second-order valence-electron chi connectivity index (χ2n) is 8.38. The molecule has 3 heterocycles. The molecule has 1 aromatic heterocycles. The maximum Gasteiger partial charge on any atom is 0.148 e. The molecule has 9 nitrogen and oxygen atoms in total. The number of nitriles is 1. The van der Waals surface area contributed by atoms with E-state index in [1.165, 1.54) is 6.07 Å². The molecule has 2 aliphatic rings. The maximum atomic E-state index is 13.6. The van der Waals surface area contributed by atoms with Gasteiger partial charge in [-0.05, 0) is 43.3 Å². The average Bonchev–Trinajstić information content (AvgIpc) is 2.84. The molecule has 0 saturated carbocycles. The van der Waals surface area contributed by atoms with Crippen molar-refractivity contribution in [3.05, 3.63) is 58.5 Å². The molecule has 10 heteroatoms. The fourth-order valence-electron chi connectivity index (χ4n) is 4.18. The summed E-state index contributed by atoms with van der Waals surface area (Å²) >= 11 is 0. The molecule has 2 aliphatic heterocycles. The van der Waals surface area contributed by atoms with Crippen molar-refractivity contribution in [1.29, 1.82) is 10.7 Å². The first-order valence-electron chi connectivity index (χ1n) is 11.0. The van der Waals surface area contributed by atoms with Crippen LogP contribution in [0.25, 0.3) is 0 Å². The Balaban J connectivity index is 0.000000215. The number of halogens is 1. The van der Waals surface area contributed by atoms with Crippen molar-refractivity contribution in [2.75, 3.05) is 44.8 Å². The Morgan fingerprint density at radius 1 is 1.35 bits per heavy atom. The van der Waals surface area contributed by atoms with E-state index in [4.69, 9.17) is 21.3 Å². The average molecular weight is 468 g/mol. The zero-order valence-corrected chi connectivity index (χ0v) is 19.4. The second kappa shape index (κ2) is 11.8. The maximum absolute atomic E-state index is 13.6. The normalized spacial score (nSPS) is 20.3. The lowest BCUT2D eigenvalue weighted by molar-refractivity contribution is -0.107. The Morgan fingerprint density at radius 3 is 2.85 bits per heavy atom. The van der Waals surface area contributed by atoms with Crippen molar-refractivity contribution in [1.82, 2.24) is 14.8 Å². The highest BCUT2D eigenvalue weighted by molar-refractivity contribution is 5.73. The molecule has 2 atom stereocenters. The number of piperazine rings is 1. The van der Waals surface area contributed by atoms with Crippen molar-refractivity contribution in [2.24, 2.45) is 5.84 Å². The summed E-state index contributed by atoms with van der Waals surface area (Å²) in [4.78, 5) is 19.0. The summed E-state index contributed by atoms with van der Waals surface area (Å²) in [6.07, 6.45) is 1.92. The fraction of sp³-hybridized carbons (Fsp3) is 0.417. The fourth-order valence-corrected chi connectivity index (χ4v) is 4.18. The summed E-state index contributed by atoms with van der Waals surface area (Å²) in [6.45, 7) is 6.43. The summed E-state index contributed by atoms with van der Waals surface area (Å²) in [7, 11) is 2.13. The minimum atomic E-state index is -0.452. The van der Waals surface area contributed by atoms with Crippen LogP contribution in [0, 0.1) is 29.5 Å². The van der Waals surface area contributed by atoms with Crippen LogP contribution in [0.15, 0.2) is 30.3 Å². The van der Waals surface area contributed by atoms with Gasteiger partial charge in [0, 0.05) is 44.3 Å². The summed E-state index contributed by atoms with van der Waals surface area (Å²) < 4.78 is 19.6. The molecule has 0 aliphatic carbocycles. The number of carbonyl (C=O) groups is 1. The predicted octanol–water partition coefficient (Wildman–Crippen LogP) is 1.80. The van der Waals surface area contributed by atoms with Gasteiger partial charge in [-0.15, -0.1) is 0 Å². The van der Waals surface area contributed by atoms with Crippen LogP contribution in [0.5, 0.6) is 0 Å². The van der Waals surface area contributed by atoms with Crippen LogP contribution in [-0.2, 0) is 16.0 Å². The number of pyridine rings is 1. The standard InChI is InChI=1S/C16H20FN3O.C8H10N4O/c1-11-13(3-4-15(17)14(11)7-18)16-9-20-6-5-19(2)8-12(20)10-21-16;9-6-12(10)8-3-1-2-7(11-8)4-5-13/h3-4,12,16H,5-6,8-10H2,1-2H3;1-3,5-6,9H,4,10H2. The number of benzene rings is 1. The number of rotatable bonds is 5. The van der Waals surface area contributed by atoms with Gasteiger partial charge >= 0.3 is 0 Å². The van der Waals surface area contributed by atoms with Crippen LogP contribution < -0.4 is 10.9 Å². The van der Waals surface area contributed by atoms with Gasteiger partial charge in [0.1, 0.15) is 30.3 Å². The molecule has 2 fully saturated rings. The molecule has 0 amide bonds. The van der Waals surface area contributed by atoms with Gasteiger partial charge in [-0.2, -0.15) is 5.26 Å². The molecule has 1 aromatic carbocycles. The molecule has 34 heavy (non-hydrogen) atoms. The van der Waals surface area contributed by atoms with Gasteiger partial charge in [0.2, 0.25) is 0 Å². The summed E-state index contributed by atoms with van der Waals surface area (Å²) in [6, 6.07) is 10.7. The van der Waals surface area contributed by atoms with Gasteiger partial charge in [-0.25, -0.2) is 15.2 Å². The number of fused-ring (bicyclic) bond motifs is 1. The number of anilines is 1. The van der Waals surface area contributed by atoms with E-state index in [1.807, 2.05) is 6.07 Å². The van der Waals surface area contributed by atoms with Gasteiger partial charge < -0.3 is 14.4 Å². The zero-order valence-electron chi connectivity index (χ0n) is 19.4. The van der Waals surface area contributed by atoms with Crippen molar-refractivity contribution >= 4 is 18.4 Å². The number of nitrogens with zero attached hydrogens (tertiary/aromatic N) is 5. The van der Waals surface area contributed by atoms with Crippen LogP contribution >= 0.6 is 0 Å². The Labute approximate surface area is 199 Å². The van der Waals surface area contributed by atoms with Gasteiger partial charge in [0.15, 0.2) is 0 Å². The number of aldehydes is 1. The number of nitrogens with one attached hydrogen (secondary N) is 1. The lowest BCUT2D eigenvalue weighted by Crippen LogP contribution is -2.57. The quantitative estimate of drug-likeness (QED) is 0.224. The Kier molecular flexibility index (Phi) is 8.79. The Morgan fingerprint density at radius 2 is 2.15 bits per heavy atom. The first-order chi connectivity index (χ1) is 16.4. The summed E-state index contributed by atoms with van der Waals surface area (Å²) in [5.41, 5.74) is 2.42. The van der Waals surface area contributed by atoms with Crippen molar-refractivity contribution in [3.63, 3.8) is 0 Å². The number of nitrogens with two attached hydrogens (primary N) is 1. The van der Waals surface area contributed by atoms with Gasteiger partial charge in [-0.1, -0.05) is 12.1 Å². The number of aromatic nitrogens is 1. The highest BCUT2D eigenvalue weighted by atomic mass is 19.1. The SMILES string of the molecule is Cc1c(C2CN3CCN(C)CC3CO2)ccc(F)c1C#N.N=CN(N)c1cccc(CC=O)n1. The van der Waals surface area contributed by atoms with E-state index in [0.717, 1.165) is 49.4 Å². The number of likely N-dealkylation sites (N-methyl/N-ethyl adjacent to an activating group) is 1. The lowest BCUT2D eigenvalue weighted by Gasteiger charge is -2.45. The van der Waals surface area contributed by atoms with Crippen LogP contribution in [0.3, 0.4) is 0 Å². The minimum Gasteiger partial charge on any atom is -0.370 e. The zero-order chi connectivity index (χ0) is 24.7. The Hall–Kier alpha value is -3.23. The topological polar surface area (TPSA) is 123 Å². The largest absolute Gasteiger partial charge is 0.370 e. The summed E-state index contributed by atoms with van der Waals surface area (Å²) in [5.74, 6) is 5.40. The first kappa shape index (κ1) is 25.4. The highest BCUT2D eigenvalue weighted by Gasteiger charge is 2.33. The van der Waals surface area contributed by atoms with Crippen LogP contribution in [0.2, 0.25) is 0 Å². The number of hydrazine groups is 1. The van der Waals surface area contributed by atoms with E-state index in [0.29, 0.717) is 29.7 Å². The molecule has 0 radical (unpaired) electrons. The number of ether oxygens (including phenoxy) is 1. The van der Waals surface area contributed by atoms with Crippen molar-refractivity contribution in [2.45, 2.75) is 25.5 Å². The van der Waals surface area contributed by atoms with Crippen molar-refractivity contribution < 1.29 is 13.9 Å². The first-order valence-corrected chi connectivity index (χ1v) is 11.0. The number of hydrogen-bond acceptors (Lipinski definition) is 8. The summed E-state index contributed by atoms with van der Waals surface area (Å²) in [5, 5.41) is 17.1. The molecule has 180 valence electrons. The third kappa shape index (κ3) is 6.01. The van der Waals surface area contributed by atoms with Gasteiger partial charge in [0.25, 0.3) is 0 Å². The molecule has 0 spiro atoms. The molecular formula is C24H30FN7O2. The third-order valence-corrected chi connectivity index (χ3v) is 6.10. The second-order valence-corrected chi connectivity index (χ2v) is 8.38. The van der Waals surface area contributed by atoms with Crippen molar-refractivity contribution in [3.8, 4) is 6.07 Å². The molecule has 2 saturated heterocycles. The Bertz CT molecular complexity index is 1060. The predicted molar refractivity (Wildman–Crippen MR) is 127 cm³/mol. The molecule has 0 bridgehead atoms. The van der Waals surface area contributed by atoms with E-state index >= 15 is 0 Å². The minimum absolute atomic E-state index is 0.0719. The van der Waals surface area contributed by atoms with Gasteiger partial charge in [-0.3, -0.25) is 15.3 Å². The van der Waals surface area contributed by atoms with Gasteiger partial charge in [0.05, 0.1) is 18.3 Å². The molecule has 3 N–H and O–H groups in total. The van der Waals surface area contributed by atoms with E-state index in [-0.39, 0.29) is 18.1 Å². The third-order valence-electron chi connectivity index (χ3n) is 6.10. The number of morpholine rings is 1. The molecule has 2 unspecified atom stereocenters. The number of hydrogen-bond donors (Lipinski definition) is 2. The highest BCUT2D eigenvalue weighted by Crippen LogP contribution is 2.30. The lowest BCUT2D eigenvalue weighted by atomic mass is 9.96. The smallest absolute Gasteiger partial charge is 0.148 e. The van der Waals surface area contributed by atoms with Crippen LogP contribution in [0.4, 0.5) is 10.2 Å². The van der Waals surface area contributed by atoms with E-state index in [1.54, 1.807) is 31.2 Å². The molecular weight excluding hydrogens is 437 g/mol. The monoisotopic (exact) mass is 467 g/mol. The molecule has 2 aromatic rings. The van der Waals surface area contributed by atoms with Crippen LogP contribution in [0.1, 0.15) is 28.5 Å². The van der Waals surface area contributed by atoms with E-state index < -0.39 is 5.82 Å². The van der Waals surface area contributed by atoms with E-state index in [9.17, 15) is 9.18 Å². The molecule has 4 rings (SSSR count). The number of carbonyl (C=O) groups excluding carboxylic acids is 1. The van der Waals surface area contributed by atoms with E-state index in [2.05, 4.69) is 21.8 Å². The van der Waals surface area contributed by atoms with Crippen LogP contribution in [-0.4, -0.2) is 73.3 Å².